The lowest BCUT2D eigenvalue weighted by Crippen LogP contribution is -2.31. The van der Waals surface area contributed by atoms with Gasteiger partial charge in [0.25, 0.3) is 0 Å². The largest absolute Gasteiger partial charge is 0.348 e. The molecule has 0 radical (unpaired) electrons. The molecule has 16 heavy (non-hydrogen) atoms. The van der Waals surface area contributed by atoms with Crippen molar-refractivity contribution in [3.63, 3.8) is 0 Å². The van der Waals surface area contributed by atoms with Crippen LogP contribution >= 0.6 is 27.5 Å². The van der Waals surface area contributed by atoms with Gasteiger partial charge in [0, 0.05) is 4.47 Å². The molecule has 1 aliphatic carbocycles. The molecule has 1 amide bonds. The van der Waals surface area contributed by atoms with E-state index in [0.717, 1.165) is 23.7 Å². The van der Waals surface area contributed by atoms with Crippen molar-refractivity contribution in [1.29, 1.82) is 0 Å². The van der Waals surface area contributed by atoms with Gasteiger partial charge in [-0.3, -0.25) is 4.79 Å². The van der Waals surface area contributed by atoms with Gasteiger partial charge < -0.3 is 5.32 Å². The Labute approximate surface area is 108 Å². The first-order chi connectivity index (χ1) is 7.70. The monoisotopic (exact) mass is 301 g/mol. The number of hydrogen-bond donors (Lipinski definition) is 1. The summed E-state index contributed by atoms with van der Waals surface area (Å²) in [5, 5.41) is 2.96. The summed E-state index contributed by atoms with van der Waals surface area (Å²) in [4.78, 5) is 11.3. The minimum absolute atomic E-state index is 0.0276. The number of halogens is 2. The van der Waals surface area contributed by atoms with Crippen LogP contribution in [0.25, 0.3) is 0 Å². The highest BCUT2D eigenvalue weighted by molar-refractivity contribution is 9.10. The number of rotatable bonds is 2. The maximum Gasteiger partial charge on any atom is 0.235 e. The van der Waals surface area contributed by atoms with Crippen molar-refractivity contribution in [1.82, 2.24) is 5.32 Å². The third-order valence-corrected chi connectivity index (χ3v) is 3.61. The number of amides is 1. The van der Waals surface area contributed by atoms with E-state index in [-0.39, 0.29) is 17.8 Å². The van der Waals surface area contributed by atoms with E-state index in [1.807, 2.05) is 6.07 Å². The number of carbonyl (C=O) groups excluding carboxylic acids is 1. The normalized spacial score (nSPS) is 19.0. The maximum atomic E-state index is 11.3. The van der Waals surface area contributed by atoms with Gasteiger partial charge >= 0.3 is 0 Å². The Morgan fingerprint density at radius 3 is 3.12 bits per heavy atom. The lowest BCUT2D eigenvalue weighted by atomic mass is 9.88. The van der Waals surface area contributed by atoms with Crippen LogP contribution in [0.1, 0.15) is 30.0 Å². The summed E-state index contributed by atoms with van der Waals surface area (Å²) in [7, 11) is 0. The Balaban J connectivity index is 2.24. The highest BCUT2D eigenvalue weighted by Gasteiger charge is 2.21. The highest BCUT2D eigenvalue weighted by Crippen LogP contribution is 2.31. The van der Waals surface area contributed by atoms with Gasteiger partial charge in [0.15, 0.2) is 0 Å². The molecule has 1 N–H and O–H groups in total. The fourth-order valence-electron chi connectivity index (χ4n) is 2.15. The standard InChI is InChI=1S/C12H13BrClNO/c13-9-5-4-8-2-1-3-11(10(8)6-9)15-12(16)7-14/h4-6,11H,1-3,7H2,(H,15,16)/t11-/m1/s1. The zero-order valence-electron chi connectivity index (χ0n) is 8.80. The van der Waals surface area contributed by atoms with E-state index in [9.17, 15) is 4.79 Å². The number of nitrogens with one attached hydrogen (secondary N) is 1. The van der Waals surface area contributed by atoms with Gasteiger partial charge in [-0.2, -0.15) is 0 Å². The fraction of sp³-hybridized carbons (Fsp3) is 0.417. The number of hydrogen-bond acceptors (Lipinski definition) is 1. The van der Waals surface area contributed by atoms with Crippen LogP contribution in [0.4, 0.5) is 0 Å². The van der Waals surface area contributed by atoms with Gasteiger partial charge in [-0.1, -0.05) is 22.0 Å². The third kappa shape index (κ3) is 2.58. The van der Waals surface area contributed by atoms with Crippen LogP contribution in [0.3, 0.4) is 0 Å². The molecule has 0 fully saturated rings. The number of alkyl halides is 1. The summed E-state index contributed by atoms with van der Waals surface area (Å²) in [6.07, 6.45) is 3.20. The van der Waals surface area contributed by atoms with Crippen molar-refractivity contribution in [3.8, 4) is 0 Å². The number of benzene rings is 1. The second kappa shape index (κ2) is 5.19. The van der Waals surface area contributed by atoms with E-state index >= 15 is 0 Å². The van der Waals surface area contributed by atoms with Crippen LogP contribution < -0.4 is 5.32 Å². The van der Waals surface area contributed by atoms with Crippen molar-refractivity contribution >= 4 is 33.4 Å². The Kier molecular flexibility index (Phi) is 3.87. The lowest BCUT2D eigenvalue weighted by Gasteiger charge is -2.26. The summed E-state index contributed by atoms with van der Waals surface area (Å²) >= 11 is 8.97. The molecule has 1 aromatic carbocycles. The SMILES string of the molecule is O=C(CCl)N[C@@H]1CCCc2ccc(Br)cc21. The lowest BCUT2D eigenvalue weighted by molar-refractivity contribution is -0.119. The first-order valence-corrected chi connectivity index (χ1v) is 6.67. The molecular formula is C12H13BrClNO. The molecule has 0 spiro atoms. The van der Waals surface area contributed by atoms with Crippen LogP contribution in [-0.2, 0) is 11.2 Å². The second-order valence-corrected chi connectivity index (χ2v) is 5.17. The van der Waals surface area contributed by atoms with Gasteiger partial charge in [-0.25, -0.2) is 0 Å². The molecule has 2 rings (SSSR count). The molecule has 0 saturated heterocycles. The Morgan fingerprint density at radius 1 is 1.56 bits per heavy atom. The third-order valence-electron chi connectivity index (χ3n) is 2.88. The molecule has 0 unspecified atom stereocenters. The van der Waals surface area contributed by atoms with Gasteiger partial charge in [0.05, 0.1) is 6.04 Å². The molecule has 0 aromatic heterocycles. The Morgan fingerprint density at radius 2 is 2.38 bits per heavy atom. The summed E-state index contributed by atoms with van der Waals surface area (Å²) < 4.78 is 1.05. The van der Waals surface area contributed by atoms with Gasteiger partial charge in [0.2, 0.25) is 5.91 Å². The van der Waals surface area contributed by atoms with E-state index in [1.54, 1.807) is 0 Å². The van der Waals surface area contributed by atoms with Crippen LogP contribution in [0, 0.1) is 0 Å². The molecular weight excluding hydrogens is 289 g/mol. The summed E-state index contributed by atoms with van der Waals surface area (Å²) in [5.74, 6) is -0.0701. The van der Waals surface area contributed by atoms with Crippen LogP contribution in [0.15, 0.2) is 22.7 Å². The molecule has 2 nitrogen and oxygen atoms in total. The van der Waals surface area contributed by atoms with Crippen LogP contribution in [0.5, 0.6) is 0 Å². The zero-order valence-corrected chi connectivity index (χ0v) is 11.1. The molecule has 1 aromatic rings. The molecule has 86 valence electrons. The van der Waals surface area contributed by atoms with Crippen molar-refractivity contribution < 1.29 is 4.79 Å². The molecule has 0 aliphatic heterocycles. The van der Waals surface area contributed by atoms with E-state index in [4.69, 9.17) is 11.6 Å². The molecule has 0 saturated carbocycles. The van der Waals surface area contributed by atoms with Crippen LogP contribution in [0.2, 0.25) is 0 Å². The number of aryl methyl sites for hydroxylation is 1. The van der Waals surface area contributed by atoms with Crippen molar-refractivity contribution in [2.45, 2.75) is 25.3 Å². The predicted molar refractivity (Wildman–Crippen MR) is 68.7 cm³/mol. The van der Waals surface area contributed by atoms with E-state index in [1.165, 1.54) is 11.1 Å². The van der Waals surface area contributed by atoms with Gasteiger partial charge in [0.1, 0.15) is 5.88 Å². The first kappa shape index (κ1) is 11.9. The quantitative estimate of drug-likeness (QED) is 0.835. The average Bonchev–Trinajstić information content (AvgIpc) is 2.29. The average molecular weight is 303 g/mol. The minimum atomic E-state index is -0.0977. The number of fused-ring (bicyclic) bond motifs is 1. The maximum absolute atomic E-state index is 11.3. The van der Waals surface area contributed by atoms with Crippen molar-refractivity contribution in [3.05, 3.63) is 33.8 Å². The van der Waals surface area contributed by atoms with Crippen molar-refractivity contribution in [2.75, 3.05) is 5.88 Å². The van der Waals surface area contributed by atoms with E-state index in [2.05, 4.69) is 33.4 Å². The zero-order chi connectivity index (χ0) is 11.5. The molecule has 1 aliphatic rings. The molecule has 0 heterocycles. The van der Waals surface area contributed by atoms with Gasteiger partial charge in [-0.15, -0.1) is 11.6 Å². The molecule has 0 bridgehead atoms. The number of carbonyl (C=O) groups is 1. The Hall–Kier alpha value is -0.540. The minimum Gasteiger partial charge on any atom is -0.348 e. The van der Waals surface area contributed by atoms with E-state index < -0.39 is 0 Å². The second-order valence-electron chi connectivity index (χ2n) is 3.99. The predicted octanol–water partition coefficient (Wildman–Crippen LogP) is 3.18. The topological polar surface area (TPSA) is 29.1 Å². The first-order valence-electron chi connectivity index (χ1n) is 5.34. The van der Waals surface area contributed by atoms with Crippen molar-refractivity contribution in [2.24, 2.45) is 0 Å². The van der Waals surface area contributed by atoms with Gasteiger partial charge in [-0.05, 0) is 42.5 Å². The van der Waals surface area contributed by atoms with Crippen LogP contribution in [-0.4, -0.2) is 11.8 Å². The Bertz CT molecular complexity index is 408. The smallest absolute Gasteiger partial charge is 0.235 e. The molecule has 1 atom stereocenters. The summed E-state index contributed by atoms with van der Waals surface area (Å²) in [6, 6.07) is 6.38. The van der Waals surface area contributed by atoms with E-state index in [0.29, 0.717) is 0 Å². The molecule has 4 heteroatoms. The highest BCUT2D eigenvalue weighted by atomic mass is 79.9. The summed E-state index contributed by atoms with van der Waals surface area (Å²) in [5.41, 5.74) is 2.55. The summed E-state index contributed by atoms with van der Waals surface area (Å²) in [6.45, 7) is 0. The fourth-order valence-corrected chi connectivity index (χ4v) is 2.61.